The SMILES string of the molecule is BrCc1ccccc1.C#CC(C)(C)c1ccc(C#C/C=C([NH2+]CC(=C)/C=C\C=C)/C(C#Cc2ccc(C(C)(C)C#C)cc2)=C\C=C)cc1.C=C.C=C.C=C/C=C\C=C.CCC.[Br-]. The topological polar surface area (TPSA) is 16.6 Å². The molecule has 3 aromatic rings. The molecule has 0 aromatic heterocycles. The van der Waals surface area contributed by atoms with Gasteiger partial charge in [0.15, 0.2) is 5.70 Å². The van der Waals surface area contributed by atoms with Crippen molar-refractivity contribution in [1.82, 2.24) is 0 Å². The van der Waals surface area contributed by atoms with E-state index in [1.807, 2.05) is 131 Å². The third kappa shape index (κ3) is 29.2. The molecule has 0 aliphatic rings. The largest absolute Gasteiger partial charge is 1.00 e. The summed E-state index contributed by atoms with van der Waals surface area (Å²) in [6.07, 6.45) is 30.7. The Morgan fingerprint density at radius 1 is 0.677 bits per heavy atom. The number of halogens is 2. The fourth-order valence-electron chi connectivity index (χ4n) is 4.26. The predicted octanol–water partition coefficient (Wildman–Crippen LogP) is 11.3. The van der Waals surface area contributed by atoms with E-state index in [9.17, 15) is 0 Å². The second kappa shape index (κ2) is 40.4. The van der Waals surface area contributed by atoms with Gasteiger partial charge in [-0.3, -0.25) is 0 Å². The summed E-state index contributed by atoms with van der Waals surface area (Å²) in [4.78, 5) is 0. The van der Waals surface area contributed by atoms with Crippen LogP contribution in [-0.4, -0.2) is 6.54 Å². The third-order valence-electron chi connectivity index (χ3n) is 7.75. The van der Waals surface area contributed by atoms with Crippen LogP contribution in [0.5, 0.6) is 0 Å². The molecule has 0 radical (unpaired) electrons. The average molecular weight is 952 g/mol. The van der Waals surface area contributed by atoms with E-state index in [0.29, 0.717) is 6.54 Å². The zero-order valence-corrected chi connectivity index (χ0v) is 41.4. The first-order valence-corrected chi connectivity index (χ1v) is 21.0. The van der Waals surface area contributed by atoms with Crippen LogP contribution in [0.15, 0.2) is 216 Å². The Morgan fingerprint density at radius 2 is 1.11 bits per heavy atom. The predicted molar refractivity (Wildman–Crippen MR) is 279 cm³/mol. The van der Waals surface area contributed by atoms with Crippen molar-refractivity contribution in [1.29, 1.82) is 0 Å². The van der Waals surface area contributed by atoms with Crippen LogP contribution in [-0.2, 0) is 16.2 Å². The highest BCUT2D eigenvalue weighted by molar-refractivity contribution is 9.08. The molecule has 0 heterocycles. The molecule has 0 amide bonds. The minimum Gasteiger partial charge on any atom is -1.00 e. The number of rotatable bonds is 12. The van der Waals surface area contributed by atoms with Gasteiger partial charge in [-0.2, -0.15) is 0 Å². The van der Waals surface area contributed by atoms with Crippen LogP contribution in [0.25, 0.3) is 0 Å². The standard InChI is InChI=1S/C39H37N.C7H7Br.C6H8.C3H8.2C2H4.BrH/c1-10-14-17-31(5)30-40-37(19-15-18-32-21-26-35(27-22-32)38(6,7)12-3)34(16-11-2)25-20-33-23-28-36(29-24-33)39(8,9)13-4;8-6-7-4-2-1-3-5-7;1-3-5-6-4-2;1-3-2;2*1-2;/h3-4,10-11,14,16-17,19,21-24,26-29,40H,1-2,5,30H2,6-9H3;1-5H,6H2;3-6H,1-2H2;3H2,1-2H3;2*1-2H2;1H/b17-14-,34-16-,37-19-;;6-5-;;;;. The number of nitrogens with two attached hydrogens (primary N) is 1. The quantitative estimate of drug-likeness (QED) is 0.0806. The van der Waals surface area contributed by atoms with Crippen molar-refractivity contribution in [2.24, 2.45) is 0 Å². The van der Waals surface area contributed by atoms with Crippen LogP contribution in [0.2, 0.25) is 0 Å². The highest BCUT2D eigenvalue weighted by atomic mass is 79.9. The van der Waals surface area contributed by atoms with Gasteiger partial charge >= 0.3 is 0 Å². The lowest BCUT2D eigenvalue weighted by Crippen LogP contribution is -3.00. The van der Waals surface area contributed by atoms with Gasteiger partial charge in [-0.15, -0.1) is 39.2 Å². The van der Waals surface area contributed by atoms with E-state index in [0.717, 1.165) is 44.4 Å². The van der Waals surface area contributed by atoms with E-state index >= 15 is 0 Å². The second-order valence-electron chi connectivity index (χ2n) is 13.5. The van der Waals surface area contributed by atoms with Gasteiger partial charge in [0.2, 0.25) is 0 Å². The van der Waals surface area contributed by atoms with Gasteiger partial charge < -0.3 is 22.3 Å². The van der Waals surface area contributed by atoms with E-state index in [-0.39, 0.29) is 27.8 Å². The molecule has 0 atom stereocenters. The molecule has 0 fully saturated rings. The van der Waals surface area contributed by atoms with Crippen molar-refractivity contribution in [2.45, 2.75) is 64.1 Å². The molecule has 62 heavy (non-hydrogen) atoms. The van der Waals surface area contributed by atoms with Crippen LogP contribution in [0.4, 0.5) is 0 Å². The minimum absolute atomic E-state index is 0. The Bertz CT molecular complexity index is 2070. The smallest absolute Gasteiger partial charge is 0.154 e. The highest BCUT2D eigenvalue weighted by Crippen LogP contribution is 2.23. The lowest BCUT2D eigenvalue weighted by molar-refractivity contribution is -0.594. The molecule has 0 unspecified atom stereocenters. The number of allylic oxidation sites excluding steroid dienone is 10. The summed E-state index contributed by atoms with van der Waals surface area (Å²) < 4.78 is 0. The summed E-state index contributed by atoms with van der Waals surface area (Å²) in [5.74, 6) is 18.7. The van der Waals surface area contributed by atoms with Gasteiger partial charge in [-0.05, 0) is 80.3 Å². The highest BCUT2D eigenvalue weighted by Gasteiger charge is 2.17. The molecule has 0 saturated heterocycles. The van der Waals surface area contributed by atoms with Gasteiger partial charge in [0.1, 0.15) is 6.54 Å². The molecule has 0 aliphatic heterocycles. The Labute approximate surface area is 398 Å². The molecule has 0 saturated carbocycles. The first-order chi connectivity index (χ1) is 29.3. The molecule has 3 heteroatoms. The van der Waals surface area contributed by atoms with Gasteiger partial charge in [0, 0.05) is 16.5 Å². The van der Waals surface area contributed by atoms with E-state index in [4.69, 9.17) is 12.8 Å². The number of alkyl halides is 1. The maximum Gasteiger partial charge on any atom is 0.154 e. The third-order valence-corrected chi connectivity index (χ3v) is 8.40. The summed E-state index contributed by atoms with van der Waals surface area (Å²) in [7, 11) is 0. The molecule has 2 N–H and O–H groups in total. The van der Waals surface area contributed by atoms with E-state index in [1.54, 1.807) is 24.3 Å². The number of terminal acetylenes is 2. The van der Waals surface area contributed by atoms with Crippen molar-refractivity contribution in [3.63, 3.8) is 0 Å². The number of benzene rings is 3. The molecule has 0 aliphatic carbocycles. The summed E-state index contributed by atoms with van der Waals surface area (Å²) >= 11 is 3.36. The zero-order valence-electron chi connectivity index (χ0n) is 38.3. The fourth-order valence-corrected chi connectivity index (χ4v) is 4.63. The minimum atomic E-state index is -0.330. The Kier molecular flexibility index (Phi) is 40.8. The lowest BCUT2D eigenvalue weighted by atomic mass is 9.85. The molecule has 0 bridgehead atoms. The van der Waals surface area contributed by atoms with Gasteiger partial charge in [-0.25, -0.2) is 0 Å². The molecule has 324 valence electrons. The summed E-state index contributed by atoms with van der Waals surface area (Å²) in [6, 6.07) is 26.4. The van der Waals surface area contributed by atoms with Gasteiger partial charge in [0.05, 0.1) is 22.5 Å². The van der Waals surface area contributed by atoms with E-state index in [1.165, 1.54) is 12.0 Å². The number of hydrogen-bond donors (Lipinski definition) is 1. The van der Waals surface area contributed by atoms with Crippen LogP contribution in [0.3, 0.4) is 0 Å². The average Bonchev–Trinajstić information content (AvgIpc) is 3.30. The van der Waals surface area contributed by atoms with E-state index in [2.05, 4.69) is 142 Å². The van der Waals surface area contributed by atoms with Crippen LogP contribution in [0.1, 0.15) is 75.8 Å². The van der Waals surface area contributed by atoms with Gasteiger partial charge in [-0.1, -0.05) is 208 Å². The Hall–Kier alpha value is -6.04. The lowest BCUT2D eigenvalue weighted by Gasteiger charge is -2.17. The van der Waals surface area contributed by atoms with Crippen molar-refractivity contribution in [3.05, 3.63) is 243 Å². The van der Waals surface area contributed by atoms with E-state index < -0.39 is 0 Å². The van der Waals surface area contributed by atoms with Crippen molar-refractivity contribution >= 4 is 15.9 Å². The molecule has 1 nitrogen and oxygen atoms in total. The Balaban J connectivity index is -0.000000629. The maximum absolute atomic E-state index is 5.69. The van der Waals surface area contributed by atoms with Crippen molar-refractivity contribution in [2.75, 3.05) is 6.54 Å². The Morgan fingerprint density at radius 3 is 1.48 bits per heavy atom. The summed E-state index contributed by atoms with van der Waals surface area (Å²) in [5, 5.41) is 3.03. The first-order valence-electron chi connectivity index (χ1n) is 19.9. The monoisotopic (exact) mass is 949 g/mol. The molecule has 3 rings (SSSR count). The zero-order chi connectivity index (χ0) is 47.0. The van der Waals surface area contributed by atoms with Crippen LogP contribution >= 0.6 is 15.9 Å². The maximum atomic E-state index is 5.69. The summed E-state index contributed by atoms with van der Waals surface area (Å²) in [5.41, 5.74) is 7.28. The number of hydrogen-bond acceptors (Lipinski definition) is 0. The van der Waals surface area contributed by atoms with Crippen molar-refractivity contribution < 1.29 is 22.3 Å². The summed E-state index contributed by atoms with van der Waals surface area (Å²) in [6.45, 7) is 43.7. The second-order valence-corrected chi connectivity index (χ2v) is 14.0. The number of quaternary nitrogens is 1. The molecule has 0 spiro atoms. The van der Waals surface area contributed by atoms with Gasteiger partial charge in [0.25, 0.3) is 0 Å². The van der Waals surface area contributed by atoms with Crippen LogP contribution < -0.4 is 22.3 Å². The first kappa shape index (κ1) is 62.6. The van der Waals surface area contributed by atoms with Crippen molar-refractivity contribution in [3.8, 4) is 48.4 Å². The fraction of sp³-hybridized carbons (Fsp3) is 0.186. The molecular weight excluding hydrogens is 882 g/mol. The normalized spacial score (nSPS) is 10.0. The van der Waals surface area contributed by atoms with Crippen LogP contribution in [0, 0.1) is 48.4 Å². The molecular formula is C59H69Br2N. The molecule has 3 aromatic carbocycles.